The van der Waals surface area contributed by atoms with Gasteiger partial charge >= 0.3 is 0 Å². The Morgan fingerprint density at radius 2 is 2.00 bits per heavy atom. The van der Waals surface area contributed by atoms with Gasteiger partial charge in [0.2, 0.25) is 5.89 Å². The van der Waals surface area contributed by atoms with Crippen LogP contribution in [0, 0.1) is 13.8 Å². The first-order valence-corrected chi connectivity index (χ1v) is 9.15. The van der Waals surface area contributed by atoms with Crippen molar-refractivity contribution in [3.8, 4) is 0 Å². The van der Waals surface area contributed by atoms with Gasteiger partial charge in [0.05, 0.1) is 12.1 Å². The van der Waals surface area contributed by atoms with Gasteiger partial charge in [0, 0.05) is 24.5 Å². The van der Waals surface area contributed by atoms with Gasteiger partial charge in [-0.3, -0.25) is 9.69 Å². The van der Waals surface area contributed by atoms with Crippen molar-refractivity contribution in [1.29, 1.82) is 0 Å². The highest BCUT2D eigenvalue weighted by Gasteiger charge is 2.25. The van der Waals surface area contributed by atoms with Crippen molar-refractivity contribution < 1.29 is 13.7 Å². The van der Waals surface area contributed by atoms with Crippen molar-refractivity contribution in [1.82, 2.24) is 20.4 Å². The Morgan fingerprint density at radius 3 is 2.54 bits per heavy atom. The minimum Gasteiger partial charge on any atom is -0.466 e. The number of piperidine rings is 1. The van der Waals surface area contributed by atoms with E-state index in [1.807, 2.05) is 13.8 Å². The maximum atomic E-state index is 12.4. The van der Waals surface area contributed by atoms with Crippen molar-refractivity contribution in [2.45, 2.75) is 65.5 Å². The number of carbonyl (C=O) groups is 1. The van der Waals surface area contributed by atoms with E-state index in [4.69, 9.17) is 8.94 Å². The molecule has 0 radical (unpaired) electrons. The summed E-state index contributed by atoms with van der Waals surface area (Å²) >= 11 is 0. The smallest absolute Gasteiger partial charge is 0.255 e. The van der Waals surface area contributed by atoms with Crippen LogP contribution >= 0.6 is 0 Å². The summed E-state index contributed by atoms with van der Waals surface area (Å²) in [5, 5.41) is 7.19. The van der Waals surface area contributed by atoms with Crippen LogP contribution in [0.25, 0.3) is 0 Å². The molecular formula is C19H28N4O3. The van der Waals surface area contributed by atoms with Gasteiger partial charge in [-0.05, 0) is 32.8 Å². The summed E-state index contributed by atoms with van der Waals surface area (Å²) in [6.07, 6.45) is 1.81. The minimum atomic E-state index is -0.109. The average molecular weight is 360 g/mol. The van der Waals surface area contributed by atoms with Crippen LogP contribution < -0.4 is 5.32 Å². The third-order valence-corrected chi connectivity index (χ3v) is 4.71. The molecule has 3 rings (SSSR count). The molecule has 2 aromatic rings. The summed E-state index contributed by atoms with van der Waals surface area (Å²) in [5.74, 6) is 2.77. The fourth-order valence-corrected chi connectivity index (χ4v) is 3.17. The van der Waals surface area contributed by atoms with E-state index in [2.05, 4.69) is 41.1 Å². The van der Waals surface area contributed by atoms with E-state index in [1.54, 1.807) is 6.07 Å². The van der Waals surface area contributed by atoms with E-state index >= 15 is 0 Å². The fraction of sp³-hybridized carbons (Fsp3) is 0.632. The standard InChI is InChI=1S/C19H28N4O3/c1-12-10-15(13(2)25-12)17(24)20-14-6-8-23(9-7-14)11-16-21-18(22-26-16)19(3,4)5/h10,14H,6-9,11H2,1-5H3,(H,20,24). The summed E-state index contributed by atoms with van der Waals surface area (Å²) in [7, 11) is 0. The molecule has 1 aliphatic rings. The predicted molar refractivity (Wildman–Crippen MR) is 96.9 cm³/mol. The Morgan fingerprint density at radius 1 is 1.31 bits per heavy atom. The van der Waals surface area contributed by atoms with Crippen LogP contribution in [0.4, 0.5) is 0 Å². The highest BCUT2D eigenvalue weighted by atomic mass is 16.5. The van der Waals surface area contributed by atoms with Gasteiger partial charge in [-0.25, -0.2) is 0 Å². The van der Waals surface area contributed by atoms with Crippen LogP contribution in [-0.2, 0) is 12.0 Å². The van der Waals surface area contributed by atoms with Crippen LogP contribution in [0.5, 0.6) is 0 Å². The molecule has 0 unspecified atom stereocenters. The zero-order valence-corrected chi connectivity index (χ0v) is 16.3. The molecule has 142 valence electrons. The molecule has 7 nitrogen and oxygen atoms in total. The molecular weight excluding hydrogens is 332 g/mol. The van der Waals surface area contributed by atoms with Crippen LogP contribution in [0.3, 0.4) is 0 Å². The lowest BCUT2D eigenvalue weighted by Crippen LogP contribution is -2.44. The van der Waals surface area contributed by atoms with Crippen LogP contribution in [0.15, 0.2) is 15.0 Å². The molecule has 3 heterocycles. The molecule has 2 aromatic heterocycles. The number of hydrogen-bond donors (Lipinski definition) is 1. The van der Waals surface area contributed by atoms with Gasteiger partial charge < -0.3 is 14.3 Å². The van der Waals surface area contributed by atoms with E-state index in [0.717, 1.165) is 37.5 Å². The fourth-order valence-electron chi connectivity index (χ4n) is 3.17. The van der Waals surface area contributed by atoms with Crippen molar-refractivity contribution in [3.05, 3.63) is 34.9 Å². The number of carbonyl (C=O) groups excluding carboxylic acids is 1. The quantitative estimate of drug-likeness (QED) is 0.902. The summed E-state index contributed by atoms with van der Waals surface area (Å²) in [4.78, 5) is 19.2. The summed E-state index contributed by atoms with van der Waals surface area (Å²) in [6.45, 7) is 12.3. The van der Waals surface area contributed by atoms with Crippen molar-refractivity contribution in [3.63, 3.8) is 0 Å². The number of likely N-dealkylation sites (tertiary alicyclic amines) is 1. The van der Waals surface area contributed by atoms with Gasteiger partial charge in [-0.2, -0.15) is 4.98 Å². The Bertz CT molecular complexity index is 764. The van der Waals surface area contributed by atoms with E-state index in [1.165, 1.54) is 0 Å². The molecule has 1 amide bonds. The Labute approximate surface area is 154 Å². The monoisotopic (exact) mass is 360 g/mol. The van der Waals surface area contributed by atoms with Crippen molar-refractivity contribution >= 4 is 5.91 Å². The topological polar surface area (TPSA) is 84.4 Å². The van der Waals surface area contributed by atoms with Crippen LogP contribution in [0.2, 0.25) is 0 Å². The second-order valence-electron chi connectivity index (χ2n) is 8.11. The van der Waals surface area contributed by atoms with Gasteiger partial charge in [0.25, 0.3) is 5.91 Å². The summed E-state index contributed by atoms with van der Waals surface area (Å²) < 4.78 is 10.8. The molecule has 1 aliphatic heterocycles. The first-order chi connectivity index (χ1) is 12.2. The maximum absolute atomic E-state index is 12.4. The van der Waals surface area contributed by atoms with E-state index < -0.39 is 0 Å². The number of nitrogens with one attached hydrogen (secondary N) is 1. The van der Waals surface area contributed by atoms with Crippen molar-refractivity contribution in [2.24, 2.45) is 0 Å². The van der Waals surface area contributed by atoms with E-state index in [0.29, 0.717) is 23.8 Å². The first kappa shape index (κ1) is 18.6. The van der Waals surface area contributed by atoms with Crippen LogP contribution in [0.1, 0.15) is 67.2 Å². The average Bonchev–Trinajstić information content (AvgIpc) is 3.15. The largest absolute Gasteiger partial charge is 0.466 e. The Balaban J connectivity index is 1.49. The lowest BCUT2D eigenvalue weighted by Gasteiger charge is -2.31. The second-order valence-corrected chi connectivity index (χ2v) is 8.11. The van der Waals surface area contributed by atoms with Gasteiger partial charge in [-0.1, -0.05) is 25.9 Å². The zero-order valence-electron chi connectivity index (χ0n) is 16.3. The molecule has 7 heteroatoms. The number of aryl methyl sites for hydroxylation is 2. The van der Waals surface area contributed by atoms with Gasteiger partial charge in [-0.15, -0.1) is 0 Å². The lowest BCUT2D eigenvalue weighted by atomic mass is 9.96. The number of aromatic nitrogens is 2. The molecule has 0 saturated carbocycles. The highest BCUT2D eigenvalue weighted by molar-refractivity contribution is 5.95. The zero-order chi connectivity index (χ0) is 18.9. The lowest BCUT2D eigenvalue weighted by molar-refractivity contribution is 0.0903. The Kier molecular flexibility index (Phi) is 5.18. The molecule has 0 aliphatic carbocycles. The molecule has 0 atom stereocenters. The number of rotatable bonds is 4. The third-order valence-electron chi connectivity index (χ3n) is 4.71. The molecule has 0 spiro atoms. The molecule has 1 fully saturated rings. The number of amides is 1. The van der Waals surface area contributed by atoms with Crippen molar-refractivity contribution in [2.75, 3.05) is 13.1 Å². The molecule has 0 aromatic carbocycles. The van der Waals surface area contributed by atoms with Gasteiger partial charge in [0.1, 0.15) is 11.5 Å². The number of nitrogens with zero attached hydrogens (tertiary/aromatic N) is 3. The second kappa shape index (κ2) is 7.23. The predicted octanol–water partition coefficient (Wildman–Crippen LogP) is 2.97. The van der Waals surface area contributed by atoms with Gasteiger partial charge in [0.15, 0.2) is 5.82 Å². The normalized spacial score (nSPS) is 16.8. The van der Waals surface area contributed by atoms with E-state index in [-0.39, 0.29) is 17.4 Å². The number of furan rings is 1. The molecule has 26 heavy (non-hydrogen) atoms. The first-order valence-electron chi connectivity index (χ1n) is 9.15. The maximum Gasteiger partial charge on any atom is 0.255 e. The summed E-state index contributed by atoms with van der Waals surface area (Å²) in [6, 6.07) is 1.98. The van der Waals surface area contributed by atoms with E-state index in [9.17, 15) is 4.79 Å². The minimum absolute atomic E-state index is 0.0514. The SMILES string of the molecule is Cc1cc(C(=O)NC2CCN(Cc3nc(C(C)(C)C)no3)CC2)c(C)o1. The molecule has 0 bridgehead atoms. The third kappa shape index (κ3) is 4.33. The molecule has 1 N–H and O–H groups in total. The highest BCUT2D eigenvalue weighted by Crippen LogP contribution is 2.20. The summed E-state index contributed by atoms with van der Waals surface area (Å²) in [5.41, 5.74) is 0.522. The number of hydrogen-bond acceptors (Lipinski definition) is 6. The molecule has 1 saturated heterocycles. The van der Waals surface area contributed by atoms with Crippen LogP contribution in [-0.4, -0.2) is 40.1 Å². The Hall–Kier alpha value is -2.15.